The fourth-order valence-corrected chi connectivity index (χ4v) is 2.73. The third-order valence-electron chi connectivity index (χ3n) is 4.09. The lowest BCUT2D eigenvalue weighted by molar-refractivity contribution is 0.0932. The van der Waals surface area contributed by atoms with Crippen molar-refractivity contribution in [2.24, 2.45) is 0 Å². The molecule has 0 saturated carbocycles. The van der Waals surface area contributed by atoms with Gasteiger partial charge in [0.05, 0.1) is 0 Å². The molecule has 9 heteroatoms. The minimum Gasteiger partial charge on any atom is -0.341 e. The number of carbonyl (C=O) groups excluding carboxylic acids is 2. The lowest BCUT2D eigenvalue weighted by atomic mass is 10.2. The Morgan fingerprint density at radius 1 is 0.967 bits per heavy atom. The van der Waals surface area contributed by atoms with Gasteiger partial charge >= 0.3 is 6.03 Å². The van der Waals surface area contributed by atoms with Crippen LogP contribution in [0.2, 0.25) is 5.02 Å². The number of amides is 3. The van der Waals surface area contributed by atoms with E-state index in [0.717, 1.165) is 5.56 Å². The molecule has 0 saturated heterocycles. The number of urea groups is 1. The average Bonchev–Trinajstić information content (AvgIpc) is 3.18. The molecular weight excluding hydrogens is 406 g/mol. The van der Waals surface area contributed by atoms with Gasteiger partial charge < -0.3 is 20.5 Å². The zero-order valence-electron chi connectivity index (χ0n) is 16.8. The molecule has 3 rings (SSSR count). The highest BCUT2D eigenvalue weighted by Crippen LogP contribution is 2.21. The molecule has 1 atom stereocenters. The van der Waals surface area contributed by atoms with Gasteiger partial charge in [0.15, 0.2) is 0 Å². The topological polar surface area (TPSA) is 109 Å². The normalized spacial score (nSPS) is 11.8. The first-order chi connectivity index (χ1) is 14.3. The van der Waals surface area contributed by atoms with Crippen molar-refractivity contribution < 1.29 is 14.1 Å². The summed E-state index contributed by atoms with van der Waals surface area (Å²) in [6, 6.07) is 12.9. The van der Waals surface area contributed by atoms with Crippen molar-refractivity contribution in [3.05, 3.63) is 65.0 Å². The fraction of sp³-hybridized carbons (Fsp3) is 0.238. The number of carbonyl (C=O) groups is 2. The summed E-state index contributed by atoms with van der Waals surface area (Å²) >= 11 is 5.89. The van der Waals surface area contributed by atoms with E-state index in [1.165, 1.54) is 0 Å². The van der Waals surface area contributed by atoms with Crippen molar-refractivity contribution in [1.29, 1.82) is 0 Å². The number of anilines is 1. The molecule has 0 bridgehead atoms. The highest BCUT2D eigenvalue weighted by molar-refractivity contribution is 6.30. The third kappa shape index (κ3) is 5.57. The van der Waals surface area contributed by atoms with Crippen LogP contribution in [0, 0.1) is 0 Å². The Balaban J connectivity index is 1.60. The highest BCUT2D eigenvalue weighted by atomic mass is 35.5. The molecule has 0 radical (unpaired) electrons. The molecule has 0 aliphatic rings. The molecule has 156 valence electrons. The summed E-state index contributed by atoms with van der Waals surface area (Å²) in [4.78, 5) is 28.6. The van der Waals surface area contributed by atoms with Crippen LogP contribution in [-0.4, -0.2) is 28.1 Å². The van der Waals surface area contributed by atoms with Crippen molar-refractivity contribution in [3.63, 3.8) is 0 Å². The summed E-state index contributed by atoms with van der Waals surface area (Å²) in [5, 5.41) is 12.8. The smallest absolute Gasteiger partial charge is 0.319 e. The van der Waals surface area contributed by atoms with Gasteiger partial charge in [-0.3, -0.25) is 4.79 Å². The van der Waals surface area contributed by atoms with Gasteiger partial charge in [-0.1, -0.05) is 16.8 Å². The Hall–Kier alpha value is -3.39. The van der Waals surface area contributed by atoms with E-state index in [1.807, 2.05) is 13.8 Å². The molecular formula is C21H22ClN5O3. The predicted molar refractivity (Wildman–Crippen MR) is 114 cm³/mol. The number of benzene rings is 2. The van der Waals surface area contributed by atoms with E-state index in [0.29, 0.717) is 22.1 Å². The molecule has 3 aromatic rings. The van der Waals surface area contributed by atoms with Crippen molar-refractivity contribution in [2.75, 3.05) is 5.32 Å². The molecule has 2 aromatic carbocycles. The molecule has 1 heterocycles. The van der Waals surface area contributed by atoms with Gasteiger partial charge in [0.2, 0.25) is 11.7 Å². The first-order valence-electron chi connectivity index (χ1n) is 9.40. The van der Waals surface area contributed by atoms with E-state index in [1.54, 1.807) is 55.5 Å². The van der Waals surface area contributed by atoms with Gasteiger partial charge in [0.1, 0.15) is 6.04 Å². The van der Waals surface area contributed by atoms with Crippen LogP contribution in [0.5, 0.6) is 0 Å². The van der Waals surface area contributed by atoms with Crippen LogP contribution in [0.15, 0.2) is 53.1 Å². The number of halogens is 1. The summed E-state index contributed by atoms with van der Waals surface area (Å²) in [6.07, 6.45) is 0. The second-order valence-corrected chi connectivity index (χ2v) is 7.43. The van der Waals surface area contributed by atoms with E-state index < -0.39 is 6.04 Å². The molecule has 0 unspecified atom stereocenters. The van der Waals surface area contributed by atoms with Gasteiger partial charge in [-0.25, -0.2) is 4.79 Å². The van der Waals surface area contributed by atoms with E-state index in [-0.39, 0.29) is 23.9 Å². The molecule has 0 spiro atoms. The zero-order chi connectivity index (χ0) is 21.7. The SMILES string of the molecule is CC(C)NC(=O)Nc1ccc(C(=O)N[C@@H](C)c2nc(-c3ccc(Cl)cc3)no2)cc1. The molecule has 8 nitrogen and oxygen atoms in total. The molecule has 0 fully saturated rings. The van der Waals surface area contributed by atoms with Gasteiger partial charge in [0, 0.05) is 27.9 Å². The van der Waals surface area contributed by atoms with Crippen molar-refractivity contribution in [2.45, 2.75) is 32.9 Å². The van der Waals surface area contributed by atoms with Crippen molar-refractivity contribution in [1.82, 2.24) is 20.8 Å². The molecule has 30 heavy (non-hydrogen) atoms. The van der Waals surface area contributed by atoms with E-state index in [9.17, 15) is 9.59 Å². The second-order valence-electron chi connectivity index (χ2n) is 6.99. The second kappa shape index (κ2) is 9.41. The van der Waals surface area contributed by atoms with Gasteiger partial charge in [-0.2, -0.15) is 4.98 Å². The Morgan fingerprint density at radius 3 is 2.27 bits per heavy atom. The molecule has 3 amide bonds. The van der Waals surface area contributed by atoms with Crippen LogP contribution in [0.25, 0.3) is 11.4 Å². The summed E-state index contributed by atoms with van der Waals surface area (Å²) in [6.45, 7) is 5.50. The van der Waals surface area contributed by atoms with Crippen LogP contribution in [0.4, 0.5) is 10.5 Å². The van der Waals surface area contributed by atoms with Crippen LogP contribution >= 0.6 is 11.6 Å². The lowest BCUT2D eigenvalue weighted by Gasteiger charge is -2.12. The fourth-order valence-electron chi connectivity index (χ4n) is 2.60. The summed E-state index contributed by atoms with van der Waals surface area (Å²) in [7, 11) is 0. The van der Waals surface area contributed by atoms with Gasteiger partial charge in [0.25, 0.3) is 5.91 Å². The third-order valence-corrected chi connectivity index (χ3v) is 4.34. The Kier molecular flexibility index (Phi) is 6.68. The number of hydrogen-bond acceptors (Lipinski definition) is 5. The molecule has 1 aromatic heterocycles. The Morgan fingerprint density at radius 2 is 1.63 bits per heavy atom. The summed E-state index contributed by atoms with van der Waals surface area (Å²) in [5.74, 6) is 0.404. The predicted octanol–water partition coefficient (Wildman–Crippen LogP) is 4.41. The largest absolute Gasteiger partial charge is 0.341 e. The maximum atomic E-state index is 12.5. The minimum absolute atomic E-state index is 0.0291. The number of nitrogens with one attached hydrogen (secondary N) is 3. The van der Waals surface area contributed by atoms with Crippen LogP contribution in [0.1, 0.15) is 43.1 Å². The van der Waals surface area contributed by atoms with Crippen molar-refractivity contribution >= 4 is 29.2 Å². The van der Waals surface area contributed by atoms with Gasteiger partial charge in [-0.05, 0) is 69.3 Å². The van der Waals surface area contributed by atoms with Crippen LogP contribution in [-0.2, 0) is 0 Å². The van der Waals surface area contributed by atoms with Crippen molar-refractivity contribution in [3.8, 4) is 11.4 Å². The lowest BCUT2D eigenvalue weighted by Crippen LogP contribution is -2.34. The van der Waals surface area contributed by atoms with E-state index in [4.69, 9.17) is 16.1 Å². The Labute approximate surface area is 179 Å². The first-order valence-corrected chi connectivity index (χ1v) is 9.77. The first kappa shape index (κ1) is 21.3. The maximum absolute atomic E-state index is 12.5. The average molecular weight is 428 g/mol. The summed E-state index contributed by atoms with van der Waals surface area (Å²) < 4.78 is 5.28. The van der Waals surface area contributed by atoms with Crippen LogP contribution in [0.3, 0.4) is 0 Å². The molecule has 0 aliphatic heterocycles. The number of aromatic nitrogens is 2. The number of hydrogen-bond donors (Lipinski definition) is 3. The molecule has 3 N–H and O–H groups in total. The van der Waals surface area contributed by atoms with Crippen LogP contribution < -0.4 is 16.0 Å². The van der Waals surface area contributed by atoms with Gasteiger partial charge in [-0.15, -0.1) is 0 Å². The number of nitrogens with zero attached hydrogens (tertiary/aromatic N) is 2. The van der Waals surface area contributed by atoms with E-state index in [2.05, 4.69) is 26.1 Å². The quantitative estimate of drug-likeness (QED) is 0.539. The monoisotopic (exact) mass is 427 g/mol. The minimum atomic E-state index is -0.485. The Bertz CT molecular complexity index is 1020. The zero-order valence-corrected chi connectivity index (χ0v) is 17.5. The summed E-state index contributed by atoms with van der Waals surface area (Å²) in [5.41, 5.74) is 1.79. The standard InChI is InChI=1S/C21H22ClN5O3/c1-12(2)23-21(29)25-17-10-6-15(7-11-17)19(28)24-13(3)20-26-18(27-30-20)14-4-8-16(22)9-5-14/h4-13H,1-3H3,(H,24,28)(H2,23,25,29)/t13-/m0/s1. The number of rotatable bonds is 6. The highest BCUT2D eigenvalue weighted by Gasteiger charge is 2.18. The maximum Gasteiger partial charge on any atom is 0.319 e. The molecule has 0 aliphatic carbocycles. The van der Waals surface area contributed by atoms with E-state index >= 15 is 0 Å².